The summed E-state index contributed by atoms with van der Waals surface area (Å²) in [6, 6.07) is 0. The van der Waals surface area contributed by atoms with Gasteiger partial charge in [-0.2, -0.15) is 0 Å². The number of carbonyl (C=O) groups is 1. The fourth-order valence-corrected chi connectivity index (χ4v) is 1.25. The van der Waals surface area contributed by atoms with Gasteiger partial charge >= 0.3 is 5.97 Å². The molecule has 0 aromatic carbocycles. The van der Waals surface area contributed by atoms with Crippen molar-refractivity contribution in [3.63, 3.8) is 0 Å². The summed E-state index contributed by atoms with van der Waals surface area (Å²) in [7, 11) is 0. The lowest BCUT2D eigenvalue weighted by molar-refractivity contribution is -0.264. The van der Waals surface area contributed by atoms with Crippen LogP contribution >= 0.6 is 0 Å². The van der Waals surface area contributed by atoms with Crippen LogP contribution in [0.2, 0.25) is 0 Å². The summed E-state index contributed by atoms with van der Waals surface area (Å²) < 4.78 is 4.50. The Bertz CT molecular complexity index is 205. The zero-order valence-corrected chi connectivity index (χ0v) is 6.99. The van der Waals surface area contributed by atoms with Gasteiger partial charge in [0.15, 0.2) is 12.4 Å². The van der Waals surface area contributed by atoms with Crippen molar-refractivity contribution >= 4 is 5.97 Å². The van der Waals surface area contributed by atoms with Crippen LogP contribution < -0.4 is 0 Å². The SMILES string of the molecule is C[C@@H]1[C@@H](O)[C@H](O)O[C@H](C(=O)O)[C@H]1O. The van der Waals surface area contributed by atoms with Crippen LogP contribution in [0.1, 0.15) is 6.92 Å². The molecule has 6 heteroatoms. The predicted molar refractivity (Wildman–Crippen MR) is 39.7 cm³/mol. The second-order valence-corrected chi connectivity index (χ2v) is 3.13. The molecule has 0 spiro atoms. The minimum atomic E-state index is -1.56. The van der Waals surface area contributed by atoms with Crippen molar-refractivity contribution in [1.29, 1.82) is 0 Å². The summed E-state index contributed by atoms with van der Waals surface area (Å²) in [4.78, 5) is 10.5. The first-order valence-electron chi connectivity index (χ1n) is 3.87. The number of hydrogen-bond donors (Lipinski definition) is 4. The standard InChI is InChI=1S/C7H12O6/c1-2-3(8)5(6(10)11)13-7(12)4(2)9/h2-5,7-9,12H,1H3,(H,10,11)/t2-,3-,4+,5-,7+/m0/s1. The molecule has 1 saturated heterocycles. The summed E-state index contributed by atoms with van der Waals surface area (Å²) in [5, 5.41) is 36.1. The minimum absolute atomic E-state index is 0.732. The topological polar surface area (TPSA) is 107 Å². The van der Waals surface area contributed by atoms with E-state index in [1.165, 1.54) is 6.92 Å². The number of aliphatic carboxylic acids is 1. The second-order valence-electron chi connectivity index (χ2n) is 3.13. The van der Waals surface area contributed by atoms with Crippen molar-refractivity contribution < 1.29 is 30.0 Å². The van der Waals surface area contributed by atoms with Crippen LogP contribution in [-0.4, -0.2) is 51.0 Å². The fourth-order valence-electron chi connectivity index (χ4n) is 1.25. The van der Waals surface area contributed by atoms with Crippen molar-refractivity contribution in [2.75, 3.05) is 0 Å². The Morgan fingerprint density at radius 3 is 2.23 bits per heavy atom. The molecule has 0 aromatic heterocycles. The van der Waals surface area contributed by atoms with E-state index in [0.717, 1.165) is 0 Å². The van der Waals surface area contributed by atoms with Crippen LogP contribution in [-0.2, 0) is 9.53 Å². The van der Waals surface area contributed by atoms with E-state index in [1.807, 2.05) is 0 Å². The molecule has 76 valence electrons. The number of hydrogen-bond acceptors (Lipinski definition) is 5. The zero-order chi connectivity index (χ0) is 10.2. The number of ether oxygens (including phenoxy) is 1. The lowest BCUT2D eigenvalue weighted by Crippen LogP contribution is -2.55. The molecule has 5 atom stereocenters. The van der Waals surface area contributed by atoms with Gasteiger partial charge in [0.05, 0.1) is 6.10 Å². The molecule has 0 aliphatic carbocycles. The quantitative estimate of drug-likeness (QED) is 0.388. The van der Waals surface area contributed by atoms with E-state index < -0.39 is 36.5 Å². The van der Waals surface area contributed by atoms with E-state index in [9.17, 15) is 15.0 Å². The van der Waals surface area contributed by atoms with Gasteiger partial charge in [0.2, 0.25) is 0 Å². The smallest absolute Gasteiger partial charge is 0.335 e. The van der Waals surface area contributed by atoms with Crippen LogP contribution in [0.25, 0.3) is 0 Å². The van der Waals surface area contributed by atoms with Gasteiger partial charge in [-0.15, -0.1) is 0 Å². The number of aliphatic hydroxyl groups is 3. The van der Waals surface area contributed by atoms with Crippen molar-refractivity contribution in [3.05, 3.63) is 0 Å². The van der Waals surface area contributed by atoms with Gasteiger partial charge < -0.3 is 25.2 Å². The Labute approximate surface area is 74.4 Å². The highest BCUT2D eigenvalue weighted by atomic mass is 16.6. The van der Waals surface area contributed by atoms with Crippen molar-refractivity contribution in [2.45, 2.75) is 31.5 Å². The first-order valence-corrected chi connectivity index (χ1v) is 3.87. The largest absolute Gasteiger partial charge is 0.479 e. The third kappa shape index (κ3) is 1.80. The molecule has 0 radical (unpaired) electrons. The number of carboxylic acid groups (broad SMARTS) is 1. The minimum Gasteiger partial charge on any atom is -0.479 e. The van der Waals surface area contributed by atoms with Crippen molar-refractivity contribution in [2.24, 2.45) is 5.92 Å². The normalized spacial score (nSPS) is 46.0. The Morgan fingerprint density at radius 1 is 1.23 bits per heavy atom. The number of aliphatic hydroxyl groups excluding tert-OH is 3. The highest BCUT2D eigenvalue weighted by molar-refractivity contribution is 5.73. The van der Waals surface area contributed by atoms with Gasteiger partial charge in [0.25, 0.3) is 0 Å². The maximum atomic E-state index is 10.5. The predicted octanol–water partition coefficient (Wildman–Crippen LogP) is -1.85. The third-order valence-corrected chi connectivity index (χ3v) is 2.21. The summed E-state index contributed by atoms with van der Waals surface area (Å²) >= 11 is 0. The average molecular weight is 192 g/mol. The van der Waals surface area contributed by atoms with Gasteiger partial charge in [-0.1, -0.05) is 6.92 Å². The summed E-state index contributed by atoms with van der Waals surface area (Å²) in [6.07, 6.45) is -5.60. The Kier molecular flexibility index (Phi) is 2.87. The van der Waals surface area contributed by atoms with Crippen LogP contribution in [0.3, 0.4) is 0 Å². The summed E-state index contributed by atoms with van der Waals surface area (Å²) in [5.74, 6) is -2.09. The van der Waals surface area contributed by atoms with Gasteiger partial charge in [-0.3, -0.25) is 0 Å². The molecule has 0 amide bonds. The number of rotatable bonds is 1. The molecule has 0 unspecified atom stereocenters. The number of carboxylic acids is 1. The van der Waals surface area contributed by atoms with E-state index >= 15 is 0 Å². The molecular weight excluding hydrogens is 180 g/mol. The lowest BCUT2D eigenvalue weighted by atomic mass is 9.91. The first-order chi connectivity index (χ1) is 5.95. The molecule has 0 bridgehead atoms. The molecule has 6 nitrogen and oxygen atoms in total. The van der Waals surface area contributed by atoms with Crippen molar-refractivity contribution in [3.8, 4) is 0 Å². The molecule has 0 saturated carbocycles. The Morgan fingerprint density at radius 2 is 1.77 bits per heavy atom. The third-order valence-electron chi connectivity index (χ3n) is 2.21. The van der Waals surface area contributed by atoms with Gasteiger partial charge in [0.1, 0.15) is 6.10 Å². The highest BCUT2D eigenvalue weighted by Gasteiger charge is 2.44. The second kappa shape index (κ2) is 3.59. The van der Waals surface area contributed by atoms with Gasteiger partial charge in [-0.05, 0) is 0 Å². The zero-order valence-electron chi connectivity index (χ0n) is 6.99. The van der Waals surface area contributed by atoms with Crippen LogP contribution in [0, 0.1) is 5.92 Å². The molecule has 1 heterocycles. The summed E-state index contributed by atoms with van der Waals surface area (Å²) in [5.41, 5.74) is 0. The molecule has 1 fully saturated rings. The van der Waals surface area contributed by atoms with E-state index in [0.29, 0.717) is 0 Å². The van der Waals surface area contributed by atoms with Gasteiger partial charge in [-0.25, -0.2) is 4.79 Å². The fraction of sp³-hybridized carbons (Fsp3) is 0.857. The molecule has 0 aromatic rings. The maximum absolute atomic E-state index is 10.5. The monoisotopic (exact) mass is 192 g/mol. The molecule has 1 rings (SSSR count). The van der Waals surface area contributed by atoms with Crippen LogP contribution in [0.15, 0.2) is 0 Å². The van der Waals surface area contributed by atoms with Crippen molar-refractivity contribution in [1.82, 2.24) is 0 Å². The molecule has 1 aliphatic heterocycles. The van der Waals surface area contributed by atoms with E-state index in [2.05, 4.69) is 4.74 Å². The summed E-state index contributed by atoms with van der Waals surface area (Å²) in [6.45, 7) is 1.44. The van der Waals surface area contributed by atoms with Gasteiger partial charge in [0, 0.05) is 5.92 Å². The average Bonchev–Trinajstić information content (AvgIpc) is 2.07. The molecular formula is C7H12O6. The molecule has 13 heavy (non-hydrogen) atoms. The maximum Gasteiger partial charge on any atom is 0.335 e. The Balaban J connectivity index is 2.76. The van der Waals surface area contributed by atoms with E-state index in [4.69, 9.17) is 10.2 Å². The van der Waals surface area contributed by atoms with E-state index in [-0.39, 0.29) is 0 Å². The lowest BCUT2D eigenvalue weighted by Gasteiger charge is -2.37. The molecule has 1 aliphatic rings. The first kappa shape index (κ1) is 10.4. The van der Waals surface area contributed by atoms with E-state index in [1.54, 1.807) is 0 Å². The Hall–Kier alpha value is -0.690. The molecule has 4 N–H and O–H groups in total. The van der Waals surface area contributed by atoms with Crippen LogP contribution in [0.5, 0.6) is 0 Å². The van der Waals surface area contributed by atoms with Crippen LogP contribution in [0.4, 0.5) is 0 Å². The highest BCUT2D eigenvalue weighted by Crippen LogP contribution is 2.24.